The van der Waals surface area contributed by atoms with Crippen LogP contribution in [0.1, 0.15) is 25.1 Å². The molecule has 0 aliphatic heterocycles. The molecule has 1 fully saturated rings. The number of fused-ring (bicyclic) bond motifs is 1. The average Bonchev–Trinajstić information content (AvgIpc) is 3.02. The van der Waals surface area contributed by atoms with Gasteiger partial charge in [-0.2, -0.15) is 10.1 Å². The van der Waals surface area contributed by atoms with Crippen molar-refractivity contribution >= 4 is 5.52 Å². The Hall–Kier alpha value is -2.21. The standard InChI is InChI=1S/C13H13N5O/c14-13(5-3-6-13)12-16-11(19-17-12)9-8-15-18-7-2-1-4-10(9)18/h1-2,4,7-8H,3,5-6,14H2. The molecular formula is C13H13N5O. The Morgan fingerprint density at radius 3 is 3.00 bits per heavy atom. The first kappa shape index (κ1) is 10.7. The largest absolute Gasteiger partial charge is 0.334 e. The predicted octanol–water partition coefficient (Wildman–Crippen LogP) is 1.72. The molecule has 1 saturated carbocycles. The van der Waals surface area contributed by atoms with Gasteiger partial charge < -0.3 is 10.3 Å². The van der Waals surface area contributed by atoms with Crippen LogP contribution in [-0.2, 0) is 5.54 Å². The molecule has 0 amide bonds. The minimum Gasteiger partial charge on any atom is -0.334 e. The van der Waals surface area contributed by atoms with Gasteiger partial charge in [-0.05, 0) is 31.4 Å². The molecule has 0 atom stereocenters. The van der Waals surface area contributed by atoms with Gasteiger partial charge >= 0.3 is 0 Å². The van der Waals surface area contributed by atoms with Gasteiger partial charge in [0, 0.05) is 6.20 Å². The van der Waals surface area contributed by atoms with E-state index in [1.165, 1.54) is 0 Å². The van der Waals surface area contributed by atoms with E-state index in [1.807, 2.05) is 24.4 Å². The Labute approximate surface area is 109 Å². The number of aromatic nitrogens is 4. The quantitative estimate of drug-likeness (QED) is 0.754. The summed E-state index contributed by atoms with van der Waals surface area (Å²) in [5.41, 5.74) is 7.58. The fourth-order valence-electron chi connectivity index (χ4n) is 2.42. The van der Waals surface area contributed by atoms with Crippen molar-refractivity contribution in [3.8, 4) is 11.5 Å². The number of rotatable bonds is 2. The Balaban J connectivity index is 1.80. The van der Waals surface area contributed by atoms with Gasteiger partial charge in [-0.25, -0.2) is 4.52 Å². The summed E-state index contributed by atoms with van der Waals surface area (Å²) in [6.45, 7) is 0. The molecule has 6 heteroatoms. The molecular weight excluding hydrogens is 242 g/mol. The zero-order chi connectivity index (χ0) is 12.9. The molecule has 3 aromatic rings. The predicted molar refractivity (Wildman–Crippen MR) is 68.2 cm³/mol. The minimum atomic E-state index is -0.398. The van der Waals surface area contributed by atoms with Crippen LogP contribution in [0, 0.1) is 0 Å². The summed E-state index contributed by atoms with van der Waals surface area (Å²) in [6, 6.07) is 5.84. The van der Waals surface area contributed by atoms with Gasteiger partial charge in [0.1, 0.15) is 0 Å². The Morgan fingerprint density at radius 1 is 1.32 bits per heavy atom. The summed E-state index contributed by atoms with van der Waals surface area (Å²) in [7, 11) is 0. The van der Waals surface area contributed by atoms with Crippen molar-refractivity contribution in [2.75, 3.05) is 0 Å². The minimum absolute atomic E-state index is 0.398. The third-order valence-electron chi connectivity index (χ3n) is 3.77. The molecule has 96 valence electrons. The topological polar surface area (TPSA) is 82.2 Å². The maximum Gasteiger partial charge on any atom is 0.261 e. The molecule has 1 aliphatic rings. The van der Waals surface area contributed by atoms with Crippen molar-refractivity contribution in [3.63, 3.8) is 0 Å². The van der Waals surface area contributed by atoms with Gasteiger partial charge in [-0.3, -0.25) is 0 Å². The zero-order valence-electron chi connectivity index (χ0n) is 10.3. The highest BCUT2D eigenvalue weighted by molar-refractivity contribution is 5.74. The molecule has 2 N–H and O–H groups in total. The number of pyridine rings is 1. The van der Waals surface area contributed by atoms with E-state index in [1.54, 1.807) is 10.7 Å². The molecule has 6 nitrogen and oxygen atoms in total. The molecule has 0 spiro atoms. The summed E-state index contributed by atoms with van der Waals surface area (Å²) in [5, 5.41) is 8.28. The Morgan fingerprint density at radius 2 is 2.21 bits per heavy atom. The lowest BCUT2D eigenvalue weighted by Gasteiger charge is -2.34. The summed E-state index contributed by atoms with van der Waals surface area (Å²) < 4.78 is 7.12. The fraction of sp³-hybridized carbons (Fsp3) is 0.308. The average molecular weight is 255 g/mol. The molecule has 0 unspecified atom stereocenters. The van der Waals surface area contributed by atoms with E-state index in [0.29, 0.717) is 11.7 Å². The lowest BCUT2D eigenvalue weighted by atomic mass is 9.77. The van der Waals surface area contributed by atoms with Gasteiger partial charge in [0.05, 0.1) is 22.8 Å². The molecule has 0 aromatic carbocycles. The van der Waals surface area contributed by atoms with Crippen molar-refractivity contribution < 1.29 is 4.52 Å². The lowest BCUT2D eigenvalue weighted by molar-refractivity contribution is 0.229. The molecule has 0 bridgehead atoms. The third-order valence-corrected chi connectivity index (χ3v) is 3.77. The monoisotopic (exact) mass is 255 g/mol. The van der Waals surface area contributed by atoms with Crippen LogP contribution in [0.15, 0.2) is 35.1 Å². The third kappa shape index (κ3) is 1.50. The van der Waals surface area contributed by atoms with Crippen LogP contribution < -0.4 is 5.73 Å². The first-order valence-electron chi connectivity index (χ1n) is 6.32. The summed E-state index contributed by atoms with van der Waals surface area (Å²) >= 11 is 0. The Bertz CT molecular complexity index is 740. The van der Waals surface area contributed by atoms with Crippen LogP contribution in [0.5, 0.6) is 0 Å². The molecule has 0 radical (unpaired) electrons. The van der Waals surface area contributed by atoms with Crippen molar-refractivity contribution in [1.82, 2.24) is 19.8 Å². The second-order valence-electron chi connectivity index (χ2n) is 5.02. The van der Waals surface area contributed by atoms with E-state index in [9.17, 15) is 0 Å². The second kappa shape index (κ2) is 3.64. The molecule has 4 rings (SSSR count). The van der Waals surface area contributed by atoms with Crippen molar-refractivity contribution in [2.24, 2.45) is 5.73 Å². The smallest absolute Gasteiger partial charge is 0.261 e. The van der Waals surface area contributed by atoms with E-state index in [4.69, 9.17) is 10.3 Å². The maximum absolute atomic E-state index is 6.20. The molecule has 3 aromatic heterocycles. The molecule has 0 saturated heterocycles. The lowest BCUT2D eigenvalue weighted by Crippen LogP contribution is -2.44. The molecule has 3 heterocycles. The zero-order valence-corrected chi connectivity index (χ0v) is 10.3. The number of hydrogen-bond donors (Lipinski definition) is 1. The van der Waals surface area contributed by atoms with Gasteiger partial charge in [0.15, 0.2) is 5.82 Å². The van der Waals surface area contributed by atoms with Crippen LogP contribution >= 0.6 is 0 Å². The first-order valence-corrected chi connectivity index (χ1v) is 6.32. The number of nitrogens with zero attached hydrogens (tertiary/aromatic N) is 4. The fourth-order valence-corrected chi connectivity index (χ4v) is 2.42. The van der Waals surface area contributed by atoms with Crippen molar-refractivity contribution in [1.29, 1.82) is 0 Å². The summed E-state index contributed by atoms with van der Waals surface area (Å²) in [4.78, 5) is 4.44. The van der Waals surface area contributed by atoms with Crippen molar-refractivity contribution in [3.05, 3.63) is 36.4 Å². The normalized spacial score (nSPS) is 17.5. The van der Waals surface area contributed by atoms with E-state index in [-0.39, 0.29) is 0 Å². The summed E-state index contributed by atoms with van der Waals surface area (Å²) in [6.07, 6.45) is 6.57. The highest BCUT2D eigenvalue weighted by atomic mass is 16.5. The first-order chi connectivity index (χ1) is 9.26. The number of nitrogens with two attached hydrogens (primary N) is 1. The van der Waals surface area contributed by atoms with E-state index < -0.39 is 5.54 Å². The van der Waals surface area contributed by atoms with E-state index >= 15 is 0 Å². The van der Waals surface area contributed by atoms with Crippen LogP contribution in [0.4, 0.5) is 0 Å². The second-order valence-corrected chi connectivity index (χ2v) is 5.02. The van der Waals surface area contributed by atoms with E-state index in [0.717, 1.165) is 30.3 Å². The van der Waals surface area contributed by atoms with E-state index in [2.05, 4.69) is 15.2 Å². The maximum atomic E-state index is 6.20. The number of hydrogen-bond acceptors (Lipinski definition) is 5. The highest BCUT2D eigenvalue weighted by Gasteiger charge is 2.39. The van der Waals surface area contributed by atoms with Gasteiger partial charge in [-0.15, -0.1) is 0 Å². The molecule has 1 aliphatic carbocycles. The summed E-state index contributed by atoms with van der Waals surface area (Å²) in [5.74, 6) is 1.08. The van der Waals surface area contributed by atoms with Crippen molar-refractivity contribution in [2.45, 2.75) is 24.8 Å². The van der Waals surface area contributed by atoms with Gasteiger partial charge in [0.2, 0.25) is 0 Å². The SMILES string of the molecule is NC1(c2noc(-c3cnn4ccccc34)n2)CCC1. The van der Waals surface area contributed by atoms with Crippen LogP contribution in [0.3, 0.4) is 0 Å². The van der Waals surface area contributed by atoms with Crippen LogP contribution in [0.2, 0.25) is 0 Å². The molecule has 19 heavy (non-hydrogen) atoms. The Kier molecular flexibility index (Phi) is 2.05. The van der Waals surface area contributed by atoms with Crippen LogP contribution in [-0.4, -0.2) is 19.8 Å². The highest BCUT2D eigenvalue weighted by Crippen LogP contribution is 2.37. The van der Waals surface area contributed by atoms with Gasteiger partial charge in [-0.1, -0.05) is 11.2 Å². The van der Waals surface area contributed by atoms with Gasteiger partial charge in [0.25, 0.3) is 5.89 Å². The van der Waals surface area contributed by atoms with Crippen LogP contribution in [0.25, 0.3) is 17.0 Å².